The number of non-ortho nitro benzene ring substituents is 1. The van der Waals surface area contributed by atoms with Gasteiger partial charge in [0.25, 0.3) is 5.69 Å². The van der Waals surface area contributed by atoms with Crippen LogP contribution in [0.25, 0.3) is 0 Å². The van der Waals surface area contributed by atoms with Gasteiger partial charge in [0.05, 0.1) is 27.6 Å². The van der Waals surface area contributed by atoms with Gasteiger partial charge in [-0.25, -0.2) is 0 Å². The van der Waals surface area contributed by atoms with E-state index in [1.165, 1.54) is 18.2 Å². The number of benzene rings is 1. The summed E-state index contributed by atoms with van der Waals surface area (Å²) in [5, 5.41) is 22.3. The molecule has 0 aliphatic rings. The lowest BCUT2D eigenvalue weighted by Gasteiger charge is -2.08. The van der Waals surface area contributed by atoms with Crippen LogP contribution in [-0.2, 0) is 0 Å². The van der Waals surface area contributed by atoms with Crippen LogP contribution >= 0.6 is 11.6 Å². The van der Waals surface area contributed by atoms with Crippen molar-refractivity contribution in [1.82, 2.24) is 0 Å². The summed E-state index contributed by atoms with van der Waals surface area (Å²) in [4.78, 5) is 9.95. The Kier molecular flexibility index (Phi) is 4.09. The lowest BCUT2D eigenvalue weighted by Crippen LogP contribution is -2.09. The van der Waals surface area contributed by atoms with Gasteiger partial charge in [0.1, 0.15) is 0 Å². The van der Waals surface area contributed by atoms with Gasteiger partial charge >= 0.3 is 0 Å². The van der Waals surface area contributed by atoms with Crippen LogP contribution in [0.15, 0.2) is 18.2 Å². The van der Waals surface area contributed by atoms with Crippen LogP contribution in [0.4, 0.5) is 11.4 Å². The molecule has 0 amide bonds. The zero-order chi connectivity index (χ0) is 12.1. The standard InChI is InChI=1S/C10H10ClN3O2/c1-7(5-12)6-13-10-3-2-8(14(15)16)4-9(10)11/h2-4,7,13H,6H2,1H3/t7-/m0/s1. The Morgan fingerprint density at radius 3 is 2.88 bits per heavy atom. The highest BCUT2D eigenvalue weighted by molar-refractivity contribution is 6.33. The summed E-state index contributed by atoms with van der Waals surface area (Å²) < 4.78 is 0. The average Bonchev–Trinajstić information content (AvgIpc) is 2.26. The van der Waals surface area contributed by atoms with E-state index in [9.17, 15) is 10.1 Å². The molecule has 1 N–H and O–H groups in total. The Balaban J connectivity index is 2.76. The highest BCUT2D eigenvalue weighted by Crippen LogP contribution is 2.26. The van der Waals surface area contributed by atoms with Gasteiger partial charge in [-0.1, -0.05) is 11.6 Å². The molecule has 0 saturated heterocycles. The number of nitro groups is 1. The van der Waals surface area contributed by atoms with E-state index in [0.717, 1.165) is 0 Å². The van der Waals surface area contributed by atoms with Crippen LogP contribution < -0.4 is 5.32 Å². The van der Waals surface area contributed by atoms with Crippen molar-refractivity contribution < 1.29 is 4.92 Å². The maximum absolute atomic E-state index is 10.5. The van der Waals surface area contributed by atoms with E-state index in [1.54, 1.807) is 6.92 Å². The number of anilines is 1. The van der Waals surface area contributed by atoms with Gasteiger partial charge in [0.2, 0.25) is 0 Å². The van der Waals surface area contributed by atoms with Crippen molar-refractivity contribution in [3.05, 3.63) is 33.3 Å². The van der Waals surface area contributed by atoms with Gasteiger partial charge in [-0.15, -0.1) is 0 Å². The van der Waals surface area contributed by atoms with Gasteiger partial charge < -0.3 is 5.32 Å². The topological polar surface area (TPSA) is 79.0 Å². The number of nitrogens with one attached hydrogen (secondary N) is 1. The molecule has 0 radical (unpaired) electrons. The minimum absolute atomic E-state index is 0.0520. The van der Waals surface area contributed by atoms with Crippen LogP contribution in [0.2, 0.25) is 5.02 Å². The lowest BCUT2D eigenvalue weighted by atomic mass is 10.2. The van der Waals surface area contributed by atoms with Gasteiger partial charge in [0.15, 0.2) is 0 Å². The number of halogens is 1. The molecular weight excluding hydrogens is 230 g/mol. The molecule has 0 aliphatic heterocycles. The van der Waals surface area contributed by atoms with E-state index in [0.29, 0.717) is 12.2 Å². The molecular formula is C10H10ClN3O2. The van der Waals surface area contributed by atoms with Crippen LogP contribution in [0.5, 0.6) is 0 Å². The summed E-state index contributed by atoms with van der Waals surface area (Å²) in [6.07, 6.45) is 0. The van der Waals surface area contributed by atoms with Gasteiger partial charge in [-0.3, -0.25) is 10.1 Å². The first-order valence-corrected chi connectivity index (χ1v) is 5.00. The van der Waals surface area contributed by atoms with Crippen molar-refractivity contribution in [3.8, 4) is 6.07 Å². The molecule has 1 rings (SSSR count). The Bertz CT molecular complexity index is 442. The molecule has 0 saturated carbocycles. The first kappa shape index (κ1) is 12.3. The quantitative estimate of drug-likeness (QED) is 0.647. The molecule has 1 atom stereocenters. The Morgan fingerprint density at radius 1 is 1.69 bits per heavy atom. The molecule has 0 bridgehead atoms. The highest BCUT2D eigenvalue weighted by Gasteiger charge is 2.09. The van der Waals surface area contributed by atoms with E-state index in [-0.39, 0.29) is 16.6 Å². The average molecular weight is 240 g/mol. The second-order valence-corrected chi connectivity index (χ2v) is 3.74. The van der Waals surface area contributed by atoms with E-state index in [2.05, 4.69) is 11.4 Å². The maximum atomic E-state index is 10.5. The fraction of sp³-hybridized carbons (Fsp3) is 0.300. The third kappa shape index (κ3) is 3.11. The van der Waals surface area contributed by atoms with Crippen molar-refractivity contribution in [2.45, 2.75) is 6.92 Å². The molecule has 0 aliphatic carbocycles. The number of hydrogen-bond acceptors (Lipinski definition) is 4. The van der Waals surface area contributed by atoms with Gasteiger partial charge in [-0.2, -0.15) is 5.26 Å². The van der Waals surface area contributed by atoms with Crippen LogP contribution in [0.1, 0.15) is 6.92 Å². The van der Waals surface area contributed by atoms with Crippen LogP contribution in [0, 0.1) is 27.4 Å². The normalized spacial score (nSPS) is 11.6. The minimum atomic E-state index is -0.506. The number of rotatable bonds is 4. The van der Waals surface area contributed by atoms with Crippen molar-refractivity contribution in [1.29, 1.82) is 5.26 Å². The third-order valence-electron chi connectivity index (χ3n) is 1.98. The second kappa shape index (κ2) is 5.33. The number of nitriles is 1. The molecule has 5 nitrogen and oxygen atoms in total. The van der Waals surface area contributed by atoms with Crippen molar-refractivity contribution in [3.63, 3.8) is 0 Å². The molecule has 84 valence electrons. The predicted octanol–water partition coefficient (Wildman–Crippen LogP) is 2.82. The van der Waals surface area contributed by atoms with Gasteiger partial charge in [0, 0.05) is 18.7 Å². The highest BCUT2D eigenvalue weighted by atomic mass is 35.5. The zero-order valence-electron chi connectivity index (χ0n) is 8.61. The van der Waals surface area contributed by atoms with E-state index < -0.39 is 4.92 Å². The Hall–Kier alpha value is -1.80. The largest absolute Gasteiger partial charge is 0.383 e. The Morgan fingerprint density at radius 2 is 2.38 bits per heavy atom. The fourth-order valence-corrected chi connectivity index (χ4v) is 1.31. The molecule has 0 heterocycles. The second-order valence-electron chi connectivity index (χ2n) is 3.33. The monoisotopic (exact) mass is 239 g/mol. The minimum Gasteiger partial charge on any atom is -0.383 e. The predicted molar refractivity (Wildman–Crippen MR) is 61.4 cm³/mol. The summed E-state index contributed by atoms with van der Waals surface area (Å²) in [6.45, 7) is 2.22. The molecule has 6 heteroatoms. The first-order chi connectivity index (χ1) is 7.54. The molecule has 1 aromatic rings. The molecule has 1 aromatic carbocycles. The molecule has 0 unspecified atom stereocenters. The van der Waals surface area contributed by atoms with E-state index >= 15 is 0 Å². The molecule has 0 spiro atoms. The van der Waals surface area contributed by atoms with Crippen molar-refractivity contribution in [2.75, 3.05) is 11.9 Å². The summed E-state index contributed by atoms with van der Waals surface area (Å²) >= 11 is 5.85. The van der Waals surface area contributed by atoms with Crippen molar-refractivity contribution >= 4 is 23.0 Å². The summed E-state index contributed by atoms with van der Waals surface area (Å²) in [7, 11) is 0. The van der Waals surface area contributed by atoms with Crippen LogP contribution in [-0.4, -0.2) is 11.5 Å². The molecule has 0 aromatic heterocycles. The molecule has 16 heavy (non-hydrogen) atoms. The van der Waals surface area contributed by atoms with Gasteiger partial charge in [-0.05, 0) is 13.0 Å². The zero-order valence-corrected chi connectivity index (χ0v) is 9.36. The van der Waals surface area contributed by atoms with Crippen LogP contribution in [0.3, 0.4) is 0 Å². The smallest absolute Gasteiger partial charge is 0.271 e. The SMILES string of the molecule is C[C@@H](C#N)CNc1ccc([N+](=O)[O-])cc1Cl. The Labute approximate surface area is 97.8 Å². The van der Waals surface area contributed by atoms with E-state index in [4.69, 9.17) is 16.9 Å². The first-order valence-electron chi connectivity index (χ1n) is 4.62. The van der Waals surface area contributed by atoms with E-state index in [1.807, 2.05) is 0 Å². The lowest BCUT2D eigenvalue weighted by molar-refractivity contribution is -0.384. The fourth-order valence-electron chi connectivity index (χ4n) is 1.07. The number of nitrogens with zero attached hydrogens (tertiary/aromatic N) is 2. The van der Waals surface area contributed by atoms with Crippen molar-refractivity contribution in [2.24, 2.45) is 5.92 Å². The summed E-state index contributed by atoms with van der Waals surface area (Å²) in [5.41, 5.74) is 0.540. The molecule has 0 fully saturated rings. The number of nitro benzene ring substituents is 1. The maximum Gasteiger partial charge on any atom is 0.271 e. The summed E-state index contributed by atoms with van der Waals surface area (Å²) in [6, 6.07) is 6.25. The third-order valence-corrected chi connectivity index (χ3v) is 2.30. The number of hydrogen-bond donors (Lipinski definition) is 1. The summed E-state index contributed by atoms with van der Waals surface area (Å²) in [5.74, 6) is -0.147.